The van der Waals surface area contributed by atoms with Crippen LogP contribution in [0.15, 0.2) is 42.7 Å². The second kappa shape index (κ2) is 8.66. The number of rotatable bonds is 8. The lowest BCUT2D eigenvalue weighted by Gasteiger charge is -2.07. The number of fused-ring (bicyclic) bond motifs is 1. The molecule has 0 saturated heterocycles. The van der Waals surface area contributed by atoms with Crippen LogP contribution in [0.2, 0.25) is 0 Å². The molecule has 10 heteroatoms. The number of hydrogen-bond donors (Lipinski definition) is 5. The summed E-state index contributed by atoms with van der Waals surface area (Å²) in [4.78, 5) is 35.2. The zero-order valence-electron chi connectivity index (χ0n) is 16.6. The largest absolute Gasteiger partial charge is 0.382 e. The predicted molar refractivity (Wildman–Crippen MR) is 115 cm³/mol. The molecule has 2 amide bonds. The van der Waals surface area contributed by atoms with Gasteiger partial charge in [-0.3, -0.25) is 19.7 Å². The number of aromatic nitrogens is 5. The van der Waals surface area contributed by atoms with Gasteiger partial charge in [-0.05, 0) is 30.7 Å². The summed E-state index contributed by atoms with van der Waals surface area (Å²) in [5, 5.41) is 10.5. The highest BCUT2D eigenvalue weighted by Crippen LogP contribution is 2.25. The molecule has 0 aliphatic rings. The fraction of sp³-hybridized carbons (Fsp3) is 0.143. The Morgan fingerprint density at radius 2 is 2.06 bits per heavy atom. The van der Waals surface area contributed by atoms with Crippen LogP contribution in [0.3, 0.4) is 0 Å². The summed E-state index contributed by atoms with van der Waals surface area (Å²) in [6.07, 6.45) is 5.91. The number of nitrogens with two attached hydrogens (primary N) is 2. The third kappa shape index (κ3) is 4.53. The smallest absolute Gasteiger partial charge is 0.250 e. The normalized spacial score (nSPS) is 11.0. The van der Waals surface area contributed by atoms with Gasteiger partial charge in [0.05, 0.1) is 35.2 Å². The third-order valence-corrected chi connectivity index (χ3v) is 4.82. The van der Waals surface area contributed by atoms with E-state index in [9.17, 15) is 9.59 Å². The van der Waals surface area contributed by atoms with Crippen molar-refractivity contribution in [2.45, 2.75) is 19.4 Å². The van der Waals surface area contributed by atoms with E-state index in [4.69, 9.17) is 11.5 Å². The van der Waals surface area contributed by atoms with Gasteiger partial charge in [-0.1, -0.05) is 6.07 Å². The highest BCUT2D eigenvalue weighted by Gasteiger charge is 2.11. The molecule has 0 aliphatic carbocycles. The van der Waals surface area contributed by atoms with Crippen molar-refractivity contribution in [1.29, 1.82) is 0 Å². The summed E-state index contributed by atoms with van der Waals surface area (Å²) in [6.45, 7) is 0.142. The predicted octanol–water partition coefficient (Wildman–Crippen LogP) is 1.68. The third-order valence-electron chi connectivity index (χ3n) is 4.82. The van der Waals surface area contributed by atoms with E-state index in [1.807, 2.05) is 24.6 Å². The van der Waals surface area contributed by atoms with E-state index in [-0.39, 0.29) is 18.9 Å². The molecule has 3 heterocycles. The maximum absolute atomic E-state index is 12.1. The summed E-state index contributed by atoms with van der Waals surface area (Å²) >= 11 is 0. The molecule has 7 N–H and O–H groups in total. The zero-order valence-corrected chi connectivity index (χ0v) is 16.6. The molecule has 4 rings (SSSR count). The van der Waals surface area contributed by atoms with E-state index < -0.39 is 5.91 Å². The number of carbonyl (C=O) groups is 2. The molecule has 31 heavy (non-hydrogen) atoms. The minimum Gasteiger partial charge on any atom is -0.382 e. The van der Waals surface area contributed by atoms with Crippen molar-refractivity contribution in [3.63, 3.8) is 0 Å². The van der Waals surface area contributed by atoms with Gasteiger partial charge in [0.2, 0.25) is 5.91 Å². The highest BCUT2D eigenvalue weighted by atomic mass is 16.2. The number of amides is 2. The van der Waals surface area contributed by atoms with E-state index in [2.05, 4.69) is 30.5 Å². The number of nitrogens with zero attached hydrogens (tertiary/aromatic N) is 3. The van der Waals surface area contributed by atoms with Crippen LogP contribution in [-0.2, 0) is 11.3 Å². The first kappa shape index (κ1) is 20.1. The number of nitrogens with one attached hydrogen (secondary N) is 3. The van der Waals surface area contributed by atoms with Crippen LogP contribution in [0.4, 0.5) is 5.82 Å². The summed E-state index contributed by atoms with van der Waals surface area (Å²) < 4.78 is 0. The molecular formula is C21H21N8O2. The molecule has 0 aliphatic heterocycles. The second-order valence-corrected chi connectivity index (χ2v) is 6.93. The van der Waals surface area contributed by atoms with Gasteiger partial charge in [-0.2, -0.15) is 5.10 Å². The van der Waals surface area contributed by atoms with Gasteiger partial charge in [0.15, 0.2) is 5.82 Å². The Bertz CT molecular complexity index is 1240. The molecule has 0 atom stereocenters. The van der Waals surface area contributed by atoms with Crippen LogP contribution in [0.5, 0.6) is 0 Å². The van der Waals surface area contributed by atoms with Crippen LogP contribution in [0.25, 0.3) is 22.2 Å². The van der Waals surface area contributed by atoms with Gasteiger partial charge in [0.25, 0.3) is 5.91 Å². The molecule has 0 bridgehead atoms. The molecule has 4 aromatic rings. The summed E-state index contributed by atoms with van der Waals surface area (Å²) in [6, 6.07) is 9.00. The monoisotopic (exact) mass is 417 g/mol. The molecule has 1 aromatic carbocycles. The Balaban J connectivity index is 1.29. The van der Waals surface area contributed by atoms with E-state index in [1.54, 1.807) is 24.5 Å². The van der Waals surface area contributed by atoms with E-state index >= 15 is 0 Å². The maximum Gasteiger partial charge on any atom is 0.250 e. The molecule has 10 nitrogen and oxygen atoms in total. The molecule has 0 fully saturated rings. The summed E-state index contributed by atoms with van der Waals surface area (Å²) in [7, 11) is 0. The van der Waals surface area contributed by atoms with Crippen molar-refractivity contribution >= 4 is 28.5 Å². The molecule has 3 aromatic heterocycles. The molecule has 0 unspecified atom stereocenters. The van der Waals surface area contributed by atoms with Crippen molar-refractivity contribution in [3.8, 4) is 11.3 Å². The van der Waals surface area contributed by atoms with Crippen LogP contribution in [-0.4, -0.2) is 37.0 Å². The van der Waals surface area contributed by atoms with Crippen LogP contribution >= 0.6 is 0 Å². The Morgan fingerprint density at radius 3 is 2.90 bits per heavy atom. The standard InChI is InChI=1S/C21H21N8O2/c22-20-13-7-6-12(9-15(13)28-29-20)16-10-25-18(27-16)4-1-5-19(30)26-11-17-14(21(23)31)3-2-8-24-17/h2-4,6-10H,1,5,11H2,(H2,23,31)(H,25,27)(H,26,30)(H3,22,28,29). The first-order valence-corrected chi connectivity index (χ1v) is 9.64. The number of anilines is 1. The Kier molecular flexibility index (Phi) is 5.61. The zero-order chi connectivity index (χ0) is 21.8. The first-order chi connectivity index (χ1) is 15.0. The van der Waals surface area contributed by atoms with E-state index in [0.717, 1.165) is 22.2 Å². The van der Waals surface area contributed by atoms with E-state index in [0.29, 0.717) is 29.3 Å². The molecule has 0 spiro atoms. The van der Waals surface area contributed by atoms with Crippen LogP contribution < -0.4 is 16.8 Å². The Hall–Kier alpha value is -4.21. The first-order valence-electron chi connectivity index (χ1n) is 9.64. The number of aromatic amines is 2. The number of carbonyl (C=O) groups excluding carboxylic acids is 2. The number of imidazole rings is 1. The summed E-state index contributed by atoms with van der Waals surface area (Å²) in [5.41, 5.74) is 14.5. The van der Waals surface area contributed by atoms with E-state index in [1.165, 1.54) is 0 Å². The number of pyridine rings is 1. The minimum atomic E-state index is -0.575. The van der Waals surface area contributed by atoms with Crippen LogP contribution in [0, 0.1) is 6.42 Å². The van der Waals surface area contributed by atoms with Crippen molar-refractivity contribution in [1.82, 2.24) is 30.5 Å². The van der Waals surface area contributed by atoms with Crippen molar-refractivity contribution < 1.29 is 9.59 Å². The fourth-order valence-corrected chi connectivity index (χ4v) is 3.21. The summed E-state index contributed by atoms with van der Waals surface area (Å²) in [5.74, 6) is 0.404. The average Bonchev–Trinajstić information content (AvgIpc) is 3.39. The number of nitrogen functional groups attached to an aromatic ring is 1. The van der Waals surface area contributed by atoms with Crippen molar-refractivity contribution in [2.24, 2.45) is 5.73 Å². The van der Waals surface area contributed by atoms with Crippen molar-refractivity contribution in [3.05, 3.63) is 66.2 Å². The topological polar surface area (TPSA) is 168 Å². The van der Waals surface area contributed by atoms with Gasteiger partial charge in [0, 0.05) is 30.0 Å². The number of H-pyrrole nitrogens is 2. The quantitative estimate of drug-likeness (QED) is 0.292. The number of primary amides is 1. The molecule has 157 valence electrons. The molecular weight excluding hydrogens is 396 g/mol. The van der Waals surface area contributed by atoms with Crippen molar-refractivity contribution in [2.75, 3.05) is 5.73 Å². The lowest BCUT2D eigenvalue weighted by molar-refractivity contribution is -0.121. The Labute approximate surface area is 177 Å². The van der Waals surface area contributed by atoms with Gasteiger partial charge >= 0.3 is 0 Å². The molecule has 0 saturated carbocycles. The number of hydrogen-bond acceptors (Lipinski definition) is 6. The fourth-order valence-electron chi connectivity index (χ4n) is 3.21. The average molecular weight is 417 g/mol. The number of benzene rings is 1. The Morgan fingerprint density at radius 1 is 1.19 bits per heavy atom. The highest BCUT2D eigenvalue weighted by molar-refractivity contribution is 5.94. The second-order valence-electron chi connectivity index (χ2n) is 6.93. The minimum absolute atomic E-state index is 0.142. The van der Waals surface area contributed by atoms with Gasteiger partial charge in [0.1, 0.15) is 5.82 Å². The van der Waals surface area contributed by atoms with Gasteiger partial charge in [-0.15, -0.1) is 0 Å². The lowest BCUT2D eigenvalue weighted by atomic mass is 10.1. The van der Waals surface area contributed by atoms with Crippen LogP contribution in [0.1, 0.15) is 34.7 Å². The lowest BCUT2D eigenvalue weighted by Crippen LogP contribution is -2.25. The van der Waals surface area contributed by atoms with Gasteiger partial charge in [-0.25, -0.2) is 4.98 Å². The maximum atomic E-state index is 12.1. The van der Waals surface area contributed by atoms with Gasteiger partial charge < -0.3 is 21.8 Å². The SMILES string of the molecule is NC(=O)c1cccnc1CNC(=O)CC[CH]c1ncc(-c2ccc3c(N)n[nH]c3c2)[nH]1. The molecule has 1 radical (unpaired) electrons.